The molecule has 3 rings (SSSR count). The van der Waals surface area contributed by atoms with E-state index >= 15 is 0 Å². The third kappa shape index (κ3) is 2.23. The second-order valence-corrected chi connectivity index (χ2v) is 4.80. The molecule has 0 atom stereocenters. The van der Waals surface area contributed by atoms with Crippen molar-refractivity contribution in [2.24, 2.45) is 0 Å². The molecule has 20 heavy (non-hydrogen) atoms. The molecule has 0 bridgehead atoms. The van der Waals surface area contributed by atoms with E-state index in [2.05, 4.69) is 5.10 Å². The Bertz CT molecular complexity index is 793. The van der Waals surface area contributed by atoms with Crippen molar-refractivity contribution in [1.29, 1.82) is 0 Å². The average Bonchev–Trinajstić information content (AvgIpc) is 2.80. The highest BCUT2D eigenvalue weighted by Gasteiger charge is 2.19. The average molecular weight is 288 g/mol. The maximum atomic E-state index is 10.7. The minimum absolute atomic E-state index is 0.0511. The molecule has 0 spiro atoms. The van der Waals surface area contributed by atoms with Crippen molar-refractivity contribution in [1.82, 2.24) is 9.78 Å². The maximum Gasteiger partial charge on any atom is 0.408 e. The summed E-state index contributed by atoms with van der Waals surface area (Å²) >= 11 is 5.80. The lowest BCUT2D eigenvalue weighted by Gasteiger charge is -2.04. The van der Waals surface area contributed by atoms with Gasteiger partial charge >= 0.3 is 5.82 Å². The van der Waals surface area contributed by atoms with E-state index in [-0.39, 0.29) is 10.8 Å². The van der Waals surface area contributed by atoms with Crippen LogP contribution in [0.3, 0.4) is 0 Å². The van der Waals surface area contributed by atoms with Gasteiger partial charge in [-0.2, -0.15) is 4.68 Å². The van der Waals surface area contributed by atoms with Crippen LogP contribution in [0.15, 0.2) is 48.7 Å². The Morgan fingerprint density at radius 1 is 1.20 bits per heavy atom. The fourth-order valence-electron chi connectivity index (χ4n) is 2.20. The van der Waals surface area contributed by atoms with Crippen LogP contribution in [0.2, 0.25) is 5.02 Å². The highest BCUT2D eigenvalue weighted by atomic mass is 35.5. The molecule has 0 fully saturated rings. The number of benzene rings is 2. The van der Waals surface area contributed by atoms with E-state index in [0.717, 1.165) is 16.3 Å². The van der Waals surface area contributed by atoms with Crippen LogP contribution in [-0.2, 0) is 6.54 Å². The zero-order chi connectivity index (χ0) is 14.1. The molecule has 6 heteroatoms. The van der Waals surface area contributed by atoms with Gasteiger partial charge in [-0.1, -0.05) is 54.1 Å². The number of rotatable bonds is 3. The summed E-state index contributed by atoms with van der Waals surface area (Å²) in [5.74, 6) is -0.313. The summed E-state index contributed by atoms with van der Waals surface area (Å²) in [6, 6.07) is 13.9. The van der Waals surface area contributed by atoms with Crippen molar-refractivity contribution in [2.45, 2.75) is 6.54 Å². The van der Waals surface area contributed by atoms with E-state index in [1.807, 2.05) is 42.5 Å². The number of halogens is 1. The number of hydrogen-bond acceptors (Lipinski definition) is 3. The van der Waals surface area contributed by atoms with Crippen molar-refractivity contribution in [2.75, 3.05) is 0 Å². The molecule has 0 unspecified atom stereocenters. The van der Waals surface area contributed by atoms with E-state index in [1.54, 1.807) is 0 Å². The highest BCUT2D eigenvalue weighted by Crippen LogP contribution is 2.24. The van der Waals surface area contributed by atoms with Gasteiger partial charge in [0.2, 0.25) is 0 Å². The normalized spacial score (nSPS) is 10.8. The molecule has 1 heterocycles. The van der Waals surface area contributed by atoms with Crippen molar-refractivity contribution in [3.63, 3.8) is 0 Å². The Kier molecular flexibility index (Phi) is 3.12. The Hall–Kier alpha value is -2.40. The molecule has 100 valence electrons. The van der Waals surface area contributed by atoms with Gasteiger partial charge in [-0.15, -0.1) is 0 Å². The summed E-state index contributed by atoms with van der Waals surface area (Å²) in [5.41, 5.74) is 1.04. The summed E-state index contributed by atoms with van der Waals surface area (Å²) in [6.07, 6.45) is 1.47. The van der Waals surface area contributed by atoms with Gasteiger partial charge in [0.1, 0.15) is 0 Å². The first-order valence-electron chi connectivity index (χ1n) is 5.99. The first-order chi connectivity index (χ1) is 9.65. The molecule has 0 aliphatic rings. The standard InChI is InChI=1S/C14H10ClN3O2/c15-13-9-17(16-14(13)18(19)20)8-11-6-3-5-10-4-1-2-7-12(10)11/h1-7,9H,8H2. The van der Waals surface area contributed by atoms with Gasteiger partial charge in [-0.05, 0) is 21.3 Å². The third-order valence-corrected chi connectivity index (χ3v) is 3.35. The molecule has 0 amide bonds. The molecule has 2 aromatic carbocycles. The van der Waals surface area contributed by atoms with Gasteiger partial charge in [0.05, 0.1) is 17.8 Å². The fourth-order valence-corrected chi connectivity index (χ4v) is 2.42. The van der Waals surface area contributed by atoms with Crippen LogP contribution in [0.5, 0.6) is 0 Å². The largest absolute Gasteiger partial charge is 0.408 e. The second kappa shape index (κ2) is 4.94. The first kappa shape index (κ1) is 12.6. The Balaban J connectivity index is 2.01. The molecular weight excluding hydrogens is 278 g/mol. The molecule has 5 nitrogen and oxygen atoms in total. The molecule has 0 saturated carbocycles. The van der Waals surface area contributed by atoms with Crippen LogP contribution >= 0.6 is 11.6 Å². The van der Waals surface area contributed by atoms with Crippen LogP contribution in [-0.4, -0.2) is 14.7 Å². The van der Waals surface area contributed by atoms with Crippen molar-refractivity contribution in [3.05, 3.63) is 69.4 Å². The lowest BCUT2D eigenvalue weighted by molar-refractivity contribution is -0.389. The van der Waals surface area contributed by atoms with E-state index in [1.165, 1.54) is 10.9 Å². The fraction of sp³-hybridized carbons (Fsp3) is 0.0714. The number of fused-ring (bicyclic) bond motifs is 1. The molecule has 0 aliphatic carbocycles. The van der Waals surface area contributed by atoms with E-state index in [4.69, 9.17) is 11.6 Å². The summed E-state index contributed by atoms with van der Waals surface area (Å²) < 4.78 is 1.49. The number of aromatic nitrogens is 2. The van der Waals surface area contributed by atoms with Gasteiger partial charge in [0.25, 0.3) is 0 Å². The molecule has 0 saturated heterocycles. The number of hydrogen-bond donors (Lipinski definition) is 0. The maximum absolute atomic E-state index is 10.7. The SMILES string of the molecule is O=[N+]([O-])c1nn(Cc2cccc3ccccc23)cc1Cl. The van der Waals surface area contributed by atoms with Crippen LogP contribution in [0, 0.1) is 10.1 Å². The van der Waals surface area contributed by atoms with E-state index in [0.29, 0.717) is 6.54 Å². The van der Waals surface area contributed by atoms with E-state index < -0.39 is 4.92 Å². The summed E-state index contributed by atoms with van der Waals surface area (Å²) in [7, 11) is 0. The minimum atomic E-state index is -0.581. The molecular formula is C14H10ClN3O2. The molecule has 1 aromatic heterocycles. The molecule has 0 N–H and O–H groups in total. The van der Waals surface area contributed by atoms with Crippen molar-refractivity contribution in [3.8, 4) is 0 Å². The van der Waals surface area contributed by atoms with Crippen molar-refractivity contribution >= 4 is 28.2 Å². The summed E-state index contributed by atoms with van der Waals surface area (Å²) in [5, 5.41) is 16.9. The molecule has 0 aliphatic heterocycles. The van der Waals surface area contributed by atoms with Crippen molar-refractivity contribution < 1.29 is 4.92 Å². The Morgan fingerprint density at radius 3 is 2.70 bits per heavy atom. The summed E-state index contributed by atoms with van der Waals surface area (Å²) in [6.45, 7) is 0.439. The Morgan fingerprint density at radius 2 is 1.95 bits per heavy atom. The zero-order valence-electron chi connectivity index (χ0n) is 10.4. The Labute approximate surface area is 119 Å². The van der Waals surface area contributed by atoms with Crippen LogP contribution in [0.4, 0.5) is 5.82 Å². The first-order valence-corrected chi connectivity index (χ1v) is 6.37. The van der Waals surface area contributed by atoms with E-state index in [9.17, 15) is 10.1 Å². The van der Waals surface area contributed by atoms with Gasteiger partial charge in [-0.25, -0.2) is 0 Å². The smallest absolute Gasteiger partial charge is 0.358 e. The van der Waals surface area contributed by atoms with Crippen LogP contribution in [0.25, 0.3) is 10.8 Å². The van der Waals surface area contributed by atoms with Gasteiger partial charge < -0.3 is 10.1 Å². The quantitative estimate of drug-likeness (QED) is 0.546. The van der Waals surface area contributed by atoms with Gasteiger partial charge in [0, 0.05) is 0 Å². The van der Waals surface area contributed by atoms with Gasteiger partial charge in [-0.3, -0.25) is 0 Å². The second-order valence-electron chi connectivity index (χ2n) is 4.39. The van der Waals surface area contributed by atoms with Crippen LogP contribution < -0.4 is 0 Å². The molecule has 3 aromatic rings. The lowest BCUT2D eigenvalue weighted by atomic mass is 10.0. The highest BCUT2D eigenvalue weighted by molar-refractivity contribution is 6.32. The van der Waals surface area contributed by atoms with Crippen LogP contribution in [0.1, 0.15) is 5.56 Å². The van der Waals surface area contributed by atoms with Gasteiger partial charge in [0.15, 0.2) is 5.02 Å². The predicted octanol–water partition coefficient (Wildman–Crippen LogP) is 3.65. The zero-order valence-corrected chi connectivity index (χ0v) is 11.1. The number of nitro groups is 1. The lowest BCUT2D eigenvalue weighted by Crippen LogP contribution is -2.01. The third-order valence-electron chi connectivity index (χ3n) is 3.08. The number of nitrogens with zero attached hydrogens (tertiary/aromatic N) is 3. The summed E-state index contributed by atoms with van der Waals surface area (Å²) in [4.78, 5) is 10.2. The topological polar surface area (TPSA) is 61.0 Å². The minimum Gasteiger partial charge on any atom is -0.358 e. The monoisotopic (exact) mass is 287 g/mol. The predicted molar refractivity (Wildman–Crippen MR) is 76.9 cm³/mol. The molecule has 0 radical (unpaired) electrons.